The van der Waals surface area contributed by atoms with E-state index in [9.17, 15) is 23.3 Å². The quantitative estimate of drug-likeness (QED) is 0.593. The second kappa shape index (κ2) is 8.19. The van der Waals surface area contributed by atoms with Crippen molar-refractivity contribution >= 4 is 33.4 Å². The van der Waals surface area contributed by atoms with E-state index < -0.39 is 21.0 Å². The first kappa shape index (κ1) is 20.4. The Morgan fingerprint density at radius 1 is 1.42 bits per heavy atom. The van der Waals surface area contributed by atoms with Crippen LogP contribution in [-0.4, -0.2) is 50.1 Å². The largest absolute Gasteiger partial charge is 0.450 e. The van der Waals surface area contributed by atoms with E-state index in [0.29, 0.717) is 25.9 Å². The van der Waals surface area contributed by atoms with E-state index in [2.05, 4.69) is 4.72 Å². The molecular formula is C15H20ClN3O6S. The average molecular weight is 406 g/mol. The third-order valence-electron chi connectivity index (χ3n) is 4.14. The highest BCUT2D eigenvalue weighted by atomic mass is 35.5. The average Bonchev–Trinajstić information content (AvgIpc) is 2.57. The molecular weight excluding hydrogens is 386 g/mol. The molecule has 0 bridgehead atoms. The van der Waals surface area contributed by atoms with Gasteiger partial charge in [0.2, 0.25) is 10.0 Å². The van der Waals surface area contributed by atoms with E-state index in [4.69, 9.17) is 16.3 Å². The maximum absolute atomic E-state index is 12.6. The van der Waals surface area contributed by atoms with Crippen molar-refractivity contribution in [3.63, 3.8) is 0 Å². The Bertz CT molecular complexity index is 806. The number of nitro benzene ring substituents is 1. The fourth-order valence-corrected chi connectivity index (χ4v) is 4.30. The van der Waals surface area contributed by atoms with Gasteiger partial charge in [-0.05, 0) is 32.8 Å². The molecule has 1 aliphatic heterocycles. The van der Waals surface area contributed by atoms with Crippen LogP contribution in [0.2, 0.25) is 5.02 Å². The molecule has 1 aromatic rings. The van der Waals surface area contributed by atoms with Crippen molar-refractivity contribution in [2.75, 3.05) is 19.7 Å². The molecule has 1 amide bonds. The zero-order chi connectivity index (χ0) is 19.5. The number of ether oxygens (including phenoxy) is 1. The predicted molar refractivity (Wildman–Crippen MR) is 94.8 cm³/mol. The van der Waals surface area contributed by atoms with Gasteiger partial charge in [0.25, 0.3) is 5.69 Å². The number of hydrogen-bond donors (Lipinski definition) is 1. The summed E-state index contributed by atoms with van der Waals surface area (Å²) in [5.74, 6) is 0. The Morgan fingerprint density at radius 2 is 2.04 bits per heavy atom. The lowest BCUT2D eigenvalue weighted by molar-refractivity contribution is -0.385. The van der Waals surface area contributed by atoms with E-state index in [1.54, 1.807) is 6.92 Å². The number of amides is 1. The van der Waals surface area contributed by atoms with Crippen LogP contribution >= 0.6 is 11.6 Å². The maximum atomic E-state index is 12.6. The smallest absolute Gasteiger partial charge is 0.409 e. The van der Waals surface area contributed by atoms with Crippen molar-refractivity contribution in [1.82, 2.24) is 9.62 Å². The molecule has 9 nitrogen and oxygen atoms in total. The number of rotatable bonds is 5. The van der Waals surface area contributed by atoms with Gasteiger partial charge in [-0.1, -0.05) is 11.6 Å². The lowest BCUT2D eigenvalue weighted by Crippen LogP contribution is -2.46. The highest BCUT2D eigenvalue weighted by molar-refractivity contribution is 7.89. The molecule has 1 heterocycles. The van der Waals surface area contributed by atoms with Crippen molar-refractivity contribution in [3.8, 4) is 0 Å². The minimum atomic E-state index is -3.98. The molecule has 1 aliphatic rings. The molecule has 1 saturated heterocycles. The molecule has 11 heteroatoms. The summed E-state index contributed by atoms with van der Waals surface area (Å²) in [6.07, 6.45) is 0.411. The molecule has 144 valence electrons. The third-order valence-corrected chi connectivity index (χ3v) is 6.03. The number of benzene rings is 1. The summed E-state index contributed by atoms with van der Waals surface area (Å²) in [6.45, 7) is 4.17. The van der Waals surface area contributed by atoms with Gasteiger partial charge >= 0.3 is 6.09 Å². The molecule has 0 spiro atoms. The van der Waals surface area contributed by atoms with E-state index in [1.165, 1.54) is 17.9 Å². The number of carbonyl (C=O) groups is 1. The van der Waals surface area contributed by atoms with Gasteiger partial charge in [-0.25, -0.2) is 17.9 Å². The van der Waals surface area contributed by atoms with E-state index in [1.807, 2.05) is 0 Å². The summed E-state index contributed by atoms with van der Waals surface area (Å²) in [5.41, 5.74) is -0.145. The van der Waals surface area contributed by atoms with Crippen molar-refractivity contribution in [3.05, 3.63) is 32.8 Å². The summed E-state index contributed by atoms with van der Waals surface area (Å²) in [6, 6.07) is 1.81. The number of piperidine rings is 1. The second-order valence-corrected chi connectivity index (χ2v) is 8.01. The van der Waals surface area contributed by atoms with E-state index >= 15 is 0 Å². The van der Waals surface area contributed by atoms with E-state index in [-0.39, 0.29) is 33.8 Å². The number of carbonyl (C=O) groups excluding carboxylic acids is 1. The van der Waals surface area contributed by atoms with Crippen LogP contribution in [0.25, 0.3) is 0 Å². The number of sulfonamides is 1. The van der Waals surface area contributed by atoms with Crippen LogP contribution < -0.4 is 4.72 Å². The van der Waals surface area contributed by atoms with Crippen LogP contribution in [-0.2, 0) is 14.8 Å². The number of hydrogen-bond acceptors (Lipinski definition) is 6. The minimum absolute atomic E-state index is 0.0108. The van der Waals surface area contributed by atoms with Crippen LogP contribution in [0.5, 0.6) is 0 Å². The summed E-state index contributed by atoms with van der Waals surface area (Å²) < 4.78 is 32.6. The molecule has 0 radical (unpaired) electrons. The monoisotopic (exact) mass is 405 g/mol. The number of likely N-dealkylation sites (tertiary alicyclic amines) is 1. The summed E-state index contributed by atoms with van der Waals surface area (Å²) in [4.78, 5) is 23.3. The number of nitrogens with one attached hydrogen (secondary N) is 1. The molecule has 1 fully saturated rings. The first-order valence-electron chi connectivity index (χ1n) is 8.04. The van der Waals surface area contributed by atoms with Crippen LogP contribution in [0.1, 0.15) is 25.3 Å². The highest BCUT2D eigenvalue weighted by Gasteiger charge is 2.29. The highest BCUT2D eigenvalue weighted by Crippen LogP contribution is 2.29. The van der Waals surface area contributed by atoms with Gasteiger partial charge in [0.05, 0.1) is 21.4 Å². The molecule has 26 heavy (non-hydrogen) atoms. The van der Waals surface area contributed by atoms with E-state index in [0.717, 1.165) is 6.07 Å². The third kappa shape index (κ3) is 4.63. The SMILES string of the molecule is CCOC(=O)N1CCC(NS(=O)(=O)c2cc(Cl)c(C)c([N+](=O)[O-])c2)CC1. The van der Waals surface area contributed by atoms with Crippen molar-refractivity contribution in [2.24, 2.45) is 0 Å². The van der Waals surface area contributed by atoms with Crippen LogP contribution in [0.4, 0.5) is 10.5 Å². The maximum Gasteiger partial charge on any atom is 0.409 e. The van der Waals surface area contributed by atoms with Crippen LogP contribution in [0.3, 0.4) is 0 Å². The lowest BCUT2D eigenvalue weighted by Gasteiger charge is -2.31. The zero-order valence-electron chi connectivity index (χ0n) is 14.4. The van der Waals surface area contributed by atoms with Gasteiger partial charge in [-0.2, -0.15) is 0 Å². The standard InChI is InChI=1S/C15H20ClN3O6S/c1-3-25-15(20)18-6-4-11(5-7-18)17-26(23,24)12-8-13(16)10(2)14(9-12)19(21)22/h8-9,11,17H,3-7H2,1-2H3. The Kier molecular flexibility index (Phi) is 6.43. The predicted octanol–water partition coefficient (Wildman–Crippen LogP) is 2.46. The Labute approximate surface area is 156 Å². The summed E-state index contributed by atoms with van der Waals surface area (Å²) >= 11 is 5.94. The van der Waals surface area contributed by atoms with Gasteiger partial charge in [0, 0.05) is 30.8 Å². The normalized spacial score (nSPS) is 15.7. The van der Waals surface area contributed by atoms with Gasteiger partial charge in [0.1, 0.15) is 0 Å². The Morgan fingerprint density at radius 3 is 2.58 bits per heavy atom. The minimum Gasteiger partial charge on any atom is -0.450 e. The van der Waals surface area contributed by atoms with Gasteiger partial charge in [0.15, 0.2) is 0 Å². The summed E-state index contributed by atoms with van der Waals surface area (Å²) in [5, 5.41) is 11.1. The van der Waals surface area contributed by atoms with Gasteiger partial charge in [-0.15, -0.1) is 0 Å². The van der Waals surface area contributed by atoms with Crippen molar-refractivity contribution in [2.45, 2.75) is 37.6 Å². The Hall–Kier alpha value is -1.91. The second-order valence-electron chi connectivity index (χ2n) is 5.89. The topological polar surface area (TPSA) is 119 Å². The molecule has 0 aliphatic carbocycles. The fraction of sp³-hybridized carbons (Fsp3) is 0.533. The molecule has 1 aromatic carbocycles. The van der Waals surface area contributed by atoms with Gasteiger partial charge < -0.3 is 9.64 Å². The fourth-order valence-electron chi connectivity index (χ4n) is 2.67. The van der Waals surface area contributed by atoms with Crippen molar-refractivity contribution in [1.29, 1.82) is 0 Å². The van der Waals surface area contributed by atoms with Crippen molar-refractivity contribution < 1.29 is 22.9 Å². The molecule has 0 aromatic heterocycles. The van der Waals surface area contributed by atoms with Gasteiger partial charge in [-0.3, -0.25) is 10.1 Å². The number of nitrogens with zero attached hydrogens (tertiary/aromatic N) is 2. The lowest BCUT2D eigenvalue weighted by atomic mass is 10.1. The molecule has 0 unspecified atom stereocenters. The Balaban J connectivity index is 2.11. The molecule has 2 rings (SSSR count). The zero-order valence-corrected chi connectivity index (χ0v) is 16.0. The first-order valence-corrected chi connectivity index (χ1v) is 9.90. The van der Waals surface area contributed by atoms with Crippen LogP contribution in [0.15, 0.2) is 17.0 Å². The molecule has 0 atom stereocenters. The first-order chi connectivity index (χ1) is 12.2. The van der Waals surface area contributed by atoms with Crippen LogP contribution in [0, 0.1) is 17.0 Å². The summed E-state index contributed by atoms with van der Waals surface area (Å²) in [7, 11) is -3.98. The molecule has 0 saturated carbocycles. The number of halogens is 1. The number of nitro groups is 1. The molecule has 1 N–H and O–H groups in total.